The molecule has 1 aliphatic carbocycles. The highest BCUT2D eigenvalue weighted by molar-refractivity contribution is 6.38. The summed E-state index contributed by atoms with van der Waals surface area (Å²) in [7, 11) is 0. The largest absolute Gasteiger partial charge is 0.465 e. The molecule has 0 bridgehead atoms. The Morgan fingerprint density at radius 2 is 1.64 bits per heavy atom. The summed E-state index contributed by atoms with van der Waals surface area (Å²) in [5.74, 6) is -1.38. The highest BCUT2D eigenvalue weighted by atomic mass is 16.4. The molecule has 6 heteroatoms. The zero-order valence-electron chi connectivity index (χ0n) is 21.6. The van der Waals surface area contributed by atoms with Gasteiger partial charge in [0.2, 0.25) is 5.78 Å². The maximum atomic E-state index is 13.3. The molecule has 1 aliphatic rings. The van der Waals surface area contributed by atoms with E-state index in [4.69, 9.17) is 0 Å². The zero-order valence-corrected chi connectivity index (χ0v) is 21.6. The average Bonchev–Trinajstić information content (AvgIpc) is 2.86. The molecule has 194 valence electrons. The molecular weight excluding hydrogens is 452 g/mol. The fourth-order valence-corrected chi connectivity index (χ4v) is 5.22. The minimum atomic E-state index is -1.12. The number of hydrogen-bond donors (Lipinski definition) is 2. The Labute approximate surface area is 215 Å². The molecule has 0 radical (unpaired) electrons. The normalized spacial score (nSPS) is 15.8. The van der Waals surface area contributed by atoms with Gasteiger partial charge in [-0.2, -0.15) is 0 Å². The first-order chi connectivity index (χ1) is 17.3. The molecule has 1 unspecified atom stereocenters. The van der Waals surface area contributed by atoms with E-state index in [2.05, 4.69) is 17.4 Å². The van der Waals surface area contributed by atoms with Crippen LogP contribution in [0.15, 0.2) is 60.7 Å². The van der Waals surface area contributed by atoms with Gasteiger partial charge >= 0.3 is 6.09 Å². The van der Waals surface area contributed by atoms with E-state index < -0.39 is 23.8 Å². The average molecular weight is 493 g/mol. The maximum absolute atomic E-state index is 13.3. The number of amides is 2. The summed E-state index contributed by atoms with van der Waals surface area (Å²) in [6, 6.07) is 18.4. The molecule has 1 fully saturated rings. The molecule has 36 heavy (non-hydrogen) atoms. The van der Waals surface area contributed by atoms with E-state index in [9.17, 15) is 19.5 Å². The SMILES string of the molecule is CCCCC(C(=O)C(=O)N[C@H](C)c1ccccc1)N(CC1(CCCc2ccccc2)CCC1)C(=O)O. The van der Waals surface area contributed by atoms with Crippen molar-refractivity contribution in [3.05, 3.63) is 71.8 Å². The predicted molar refractivity (Wildman–Crippen MR) is 142 cm³/mol. The lowest BCUT2D eigenvalue weighted by Crippen LogP contribution is -2.54. The third-order valence-corrected chi connectivity index (χ3v) is 7.56. The van der Waals surface area contributed by atoms with Crippen LogP contribution in [0.25, 0.3) is 0 Å². The van der Waals surface area contributed by atoms with Crippen LogP contribution in [-0.4, -0.2) is 40.4 Å². The fourth-order valence-electron chi connectivity index (χ4n) is 5.22. The van der Waals surface area contributed by atoms with Crippen LogP contribution in [0.3, 0.4) is 0 Å². The van der Waals surface area contributed by atoms with Crippen molar-refractivity contribution in [2.45, 2.75) is 83.7 Å². The fraction of sp³-hybridized carbons (Fsp3) is 0.500. The molecule has 2 aromatic rings. The number of nitrogens with zero attached hydrogens (tertiary/aromatic N) is 1. The third-order valence-electron chi connectivity index (χ3n) is 7.56. The Kier molecular flexibility index (Phi) is 10.1. The van der Waals surface area contributed by atoms with Crippen molar-refractivity contribution < 1.29 is 19.5 Å². The summed E-state index contributed by atoms with van der Waals surface area (Å²) in [5, 5.41) is 12.9. The number of aryl methyl sites for hydroxylation is 1. The monoisotopic (exact) mass is 492 g/mol. The molecule has 0 saturated heterocycles. The lowest BCUT2D eigenvalue weighted by molar-refractivity contribution is -0.141. The molecule has 0 spiro atoms. The van der Waals surface area contributed by atoms with Crippen LogP contribution < -0.4 is 5.32 Å². The Morgan fingerprint density at radius 3 is 2.19 bits per heavy atom. The Morgan fingerprint density at radius 1 is 1.00 bits per heavy atom. The summed E-state index contributed by atoms with van der Waals surface area (Å²) in [4.78, 5) is 40.0. The first-order valence-corrected chi connectivity index (χ1v) is 13.3. The van der Waals surface area contributed by atoms with E-state index in [0.29, 0.717) is 19.4 Å². The first-order valence-electron chi connectivity index (χ1n) is 13.3. The molecule has 1 saturated carbocycles. The quantitative estimate of drug-likeness (QED) is 0.309. The zero-order chi connectivity index (χ0) is 26.0. The van der Waals surface area contributed by atoms with Crippen molar-refractivity contribution in [2.75, 3.05) is 6.54 Å². The van der Waals surface area contributed by atoms with Crippen LogP contribution in [-0.2, 0) is 16.0 Å². The van der Waals surface area contributed by atoms with Crippen molar-refractivity contribution in [1.29, 1.82) is 0 Å². The van der Waals surface area contributed by atoms with Gasteiger partial charge in [-0.15, -0.1) is 0 Å². The molecular formula is C30H40N2O4. The lowest BCUT2D eigenvalue weighted by atomic mass is 9.65. The van der Waals surface area contributed by atoms with Crippen LogP contribution in [0.4, 0.5) is 4.79 Å². The van der Waals surface area contributed by atoms with Crippen molar-refractivity contribution in [1.82, 2.24) is 10.2 Å². The van der Waals surface area contributed by atoms with Gasteiger partial charge in [0.25, 0.3) is 5.91 Å². The maximum Gasteiger partial charge on any atom is 0.407 e. The summed E-state index contributed by atoms with van der Waals surface area (Å²) >= 11 is 0. The van der Waals surface area contributed by atoms with Gasteiger partial charge in [0.1, 0.15) is 6.04 Å². The van der Waals surface area contributed by atoms with Crippen molar-refractivity contribution in [2.24, 2.45) is 5.41 Å². The molecule has 0 heterocycles. The minimum absolute atomic E-state index is 0.119. The van der Waals surface area contributed by atoms with Gasteiger partial charge < -0.3 is 10.4 Å². The van der Waals surface area contributed by atoms with Gasteiger partial charge in [0.15, 0.2) is 0 Å². The summed E-state index contributed by atoms with van der Waals surface area (Å²) in [5.41, 5.74) is 2.05. The van der Waals surface area contributed by atoms with E-state index in [-0.39, 0.29) is 11.5 Å². The number of Topliss-reactive ketones (excluding diaryl/α,β-unsaturated/α-hetero) is 1. The number of ketones is 1. The highest BCUT2D eigenvalue weighted by Gasteiger charge is 2.43. The third kappa shape index (κ3) is 7.42. The molecule has 3 rings (SSSR count). The second kappa shape index (κ2) is 13.2. The van der Waals surface area contributed by atoms with Crippen molar-refractivity contribution in [3.8, 4) is 0 Å². The number of nitrogens with one attached hydrogen (secondary N) is 1. The number of unbranched alkanes of at least 4 members (excludes halogenated alkanes) is 1. The van der Waals surface area contributed by atoms with Crippen LogP contribution in [0.2, 0.25) is 0 Å². The van der Waals surface area contributed by atoms with Crippen LogP contribution in [0.1, 0.15) is 82.4 Å². The van der Waals surface area contributed by atoms with E-state index in [1.165, 1.54) is 10.5 Å². The van der Waals surface area contributed by atoms with Gasteiger partial charge in [-0.25, -0.2) is 4.79 Å². The standard InChI is InChI=1S/C30H40N2O4/c1-3-4-18-26(27(33)28(34)31-23(2)25-16-9-6-10-17-25)32(29(35)36)22-30(20-12-21-30)19-11-15-24-13-7-5-8-14-24/h5-10,13-14,16-17,23,26H,3-4,11-12,15,18-22H2,1-2H3,(H,31,34)(H,35,36)/t23-,26?/m1/s1. The Hall–Kier alpha value is -3.15. The highest BCUT2D eigenvalue weighted by Crippen LogP contribution is 2.46. The van der Waals surface area contributed by atoms with Crippen molar-refractivity contribution in [3.63, 3.8) is 0 Å². The Bertz CT molecular complexity index is 989. The van der Waals surface area contributed by atoms with E-state index in [1.807, 2.05) is 62.4 Å². The van der Waals surface area contributed by atoms with Gasteiger partial charge in [-0.05, 0) is 62.0 Å². The number of benzene rings is 2. The topological polar surface area (TPSA) is 86.7 Å². The number of carboxylic acid groups (broad SMARTS) is 1. The van der Waals surface area contributed by atoms with E-state index in [0.717, 1.165) is 50.5 Å². The summed E-state index contributed by atoms with van der Waals surface area (Å²) in [6.07, 6.45) is 6.56. The minimum Gasteiger partial charge on any atom is -0.465 e. The van der Waals surface area contributed by atoms with E-state index >= 15 is 0 Å². The molecule has 0 aromatic heterocycles. The number of carbonyl (C=O) groups excluding carboxylic acids is 2. The molecule has 6 nitrogen and oxygen atoms in total. The second-order valence-corrected chi connectivity index (χ2v) is 10.2. The lowest BCUT2D eigenvalue weighted by Gasteiger charge is -2.46. The van der Waals surface area contributed by atoms with Gasteiger partial charge in [0.05, 0.1) is 6.04 Å². The smallest absolute Gasteiger partial charge is 0.407 e. The molecule has 2 amide bonds. The second-order valence-electron chi connectivity index (χ2n) is 10.2. The van der Waals surface area contributed by atoms with Crippen molar-refractivity contribution >= 4 is 17.8 Å². The number of carbonyl (C=O) groups is 3. The van der Waals surface area contributed by atoms with Gasteiger partial charge in [-0.1, -0.05) is 86.8 Å². The van der Waals surface area contributed by atoms with Crippen LogP contribution >= 0.6 is 0 Å². The first kappa shape index (κ1) is 27.4. The molecule has 0 aliphatic heterocycles. The molecule has 2 aromatic carbocycles. The van der Waals surface area contributed by atoms with E-state index in [1.54, 1.807) is 0 Å². The molecule has 2 N–H and O–H groups in total. The molecule has 2 atom stereocenters. The van der Waals surface area contributed by atoms with Crippen LogP contribution in [0.5, 0.6) is 0 Å². The number of hydrogen-bond acceptors (Lipinski definition) is 3. The summed E-state index contributed by atoms with van der Waals surface area (Å²) in [6.45, 7) is 4.13. The van der Waals surface area contributed by atoms with Gasteiger partial charge in [0, 0.05) is 6.54 Å². The summed E-state index contributed by atoms with van der Waals surface area (Å²) < 4.78 is 0. The van der Waals surface area contributed by atoms with Gasteiger partial charge in [-0.3, -0.25) is 14.5 Å². The number of rotatable bonds is 14. The van der Waals surface area contributed by atoms with Crippen LogP contribution in [0, 0.1) is 5.41 Å². The Balaban J connectivity index is 1.69. The predicted octanol–water partition coefficient (Wildman–Crippen LogP) is 6.16.